The van der Waals surface area contributed by atoms with Crippen LogP contribution in [0.25, 0.3) is 10.6 Å². The molecular weight excluding hydrogens is 236 g/mol. The minimum Gasteiger partial charge on any atom is -0.462 e. The number of anilines is 1. The number of esters is 1. The highest BCUT2D eigenvalue weighted by Crippen LogP contribution is 2.29. The van der Waals surface area contributed by atoms with Gasteiger partial charge in [0.25, 0.3) is 0 Å². The molecule has 1 aromatic carbocycles. The van der Waals surface area contributed by atoms with Crippen LogP contribution in [0, 0.1) is 0 Å². The standard InChI is InChI=1S/C12H12N2O2S/c1-2-16-12(15)9-10(13)14-11(17-9)8-6-4-3-5-7-8/h3-7H,2,13H2,1H3. The number of hydrogen-bond acceptors (Lipinski definition) is 5. The maximum atomic E-state index is 11.6. The van der Waals surface area contributed by atoms with Crippen LogP contribution < -0.4 is 5.73 Å². The van der Waals surface area contributed by atoms with Crippen molar-refractivity contribution in [3.63, 3.8) is 0 Å². The Balaban J connectivity index is 2.34. The van der Waals surface area contributed by atoms with Gasteiger partial charge >= 0.3 is 5.97 Å². The molecule has 0 saturated heterocycles. The lowest BCUT2D eigenvalue weighted by Crippen LogP contribution is -2.05. The second-order valence-corrected chi connectivity index (χ2v) is 4.32. The smallest absolute Gasteiger partial charge is 0.352 e. The molecule has 2 aromatic rings. The topological polar surface area (TPSA) is 65.2 Å². The van der Waals surface area contributed by atoms with E-state index in [2.05, 4.69) is 4.98 Å². The third-order valence-corrected chi connectivity index (χ3v) is 3.24. The Morgan fingerprint density at radius 3 is 2.76 bits per heavy atom. The van der Waals surface area contributed by atoms with E-state index < -0.39 is 5.97 Å². The molecule has 0 atom stereocenters. The van der Waals surface area contributed by atoms with E-state index in [1.54, 1.807) is 6.92 Å². The number of ether oxygens (including phenoxy) is 1. The molecule has 4 nitrogen and oxygen atoms in total. The van der Waals surface area contributed by atoms with E-state index in [4.69, 9.17) is 10.5 Å². The number of nitrogens with two attached hydrogens (primary N) is 1. The van der Waals surface area contributed by atoms with Crippen LogP contribution in [-0.4, -0.2) is 17.6 Å². The van der Waals surface area contributed by atoms with E-state index in [0.29, 0.717) is 11.5 Å². The molecule has 0 unspecified atom stereocenters. The molecule has 0 amide bonds. The summed E-state index contributed by atoms with van der Waals surface area (Å²) in [5.74, 6) is -0.183. The largest absolute Gasteiger partial charge is 0.462 e. The number of hydrogen-bond donors (Lipinski definition) is 1. The summed E-state index contributed by atoms with van der Waals surface area (Å²) in [4.78, 5) is 16.1. The summed E-state index contributed by atoms with van der Waals surface area (Å²) in [6, 6.07) is 9.60. The summed E-state index contributed by atoms with van der Waals surface area (Å²) in [7, 11) is 0. The Kier molecular flexibility index (Phi) is 3.39. The number of rotatable bonds is 3. The lowest BCUT2D eigenvalue weighted by Gasteiger charge is -1.97. The maximum Gasteiger partial charge on any atom is 0.352 e. The van der Waals surface area contributed by atoms with Gasteiger partial charge in [-0.25, -0.2) is 9.78 Å². The number of carbonyl (C=O) groups is 1. The van der Waals surface area contributed by atoms with Crippen molar-refractivity contribution in [2.24, 2.45) is 0 Å². The van der Waals surface area contributed by atoms with E-state index in [1.165, 1.54) is 11.3 Å². The van der Waals surface area contributed by atoms with Crippen LogP contribution in [0.2, 0.25) is 0 Å². The number of nitrogen functional groups attached to an aromatic ring is 1. The van der Waals surface area contributed by atoms with Gasteiger partial charge in [-0.3, -0.25) is 0 Å². The Labute approximate surface area is 103 Å². The first-order chi connectivity index (χ1) is 8.22. The molecule has 0 bridgehead atoms. The van der Waals surface area contributed by atoms with Gasteiger partial charge in [-0.15, -0.1) is 11.3 Å². The van der Waals surface area contributed by atoms with Crippen molar-refractivity contribution in [1.82, 2.24) is 4.98 Å². The fraction of sp³-hybridized carbons (Fsp3) is 0.167. The van der Waals surface area contributed by atoms with E-state index >= 15 is 0 Å². The summed E-state index contributed by atoms with van der Waals surface area (Å²) in [6.07, 6.45) is 0. The van der Waals surface area contributed by atoms with Gasteiger partial charge in [0.2, 0.25) is 0 Å². The molecule has 88 valence electrons. The van der Waals surface area contributed by atoms with Crippen LogP contribution >= 0.6 is 11.3 Å². The monoisotopic (exact) mass is 248 g/mol. The molecule has 17 heavy (non-hydrogen) atoms. The van der Waals surface area contributed by atoms with Crippen molar-refractivity contribution in [1.29, 1.82) is 0 Å². The van der Waals surface area contributed by atoms with Crippen LogP contribution in [-0.2, 0) is 4.74 Å². The van der Waals surface area contributed by atoms with Crippen molar-refractivity contribution in [2.45, 2.75) is 6.92 Å². The number of benzene rings is 1. The highest BCUT2D eigenvalue weighted by molar-refractivity contribution is 7.17. The van der Waals surface area contributed by atoms with Crippen molar-refractivity contribution < 1.29 is 9.53 Å². The fourth-order valence-electron chi connectivity index (χ4n) is 1.38. The van der Waals surface area contributed by atoms with Gasteiger partial charge in [-0.1, -0.05) is 30.3 Å². The Morgan fingerprint density at radius 2 is 2.12 bits per heavy atom. The van der Waals surface area contributed by atoms with Gasteiger partial charge in [0.1, 0.15) is 10.8 Å². The number of aromatic nitrogens is 1. The predicted molar refractivity (Wildman–Crippen MR) is 67.9 cm³/mol. The highest BCUT2D eigenvalue weighted by atomic mass is 32.1. The summed E-state index contributed by atoms with van der Waals surface area (Å²) in [5.41, 5.74) is 6.65. The molecule has 0 aliphatic rings. The number of carbonyl (C=O) groups excluding carboxylic acids is 1. The van der Waals surface area contributed by atoms with Crippen molar-refractivity contribution in [3.05, 3.63) is 35.2 Å². The first kappa shape index (κ1) is 11.6. The molecule has 2 rings (SSSR count). The molecule has 0 fully saturated rings. The van der Waals surface area contributed by atoms with Crippen LogP contribution in [0.1, 0.15) is 16.6 Å². The molecular formula is C12H12N2O2S. The van der Waals surface area contributed by atoms with E-state index in [0.717, 1.165) is 10.6 Å². The van der Waals surface area contributed by atoms with Gasteiger partial charge in [-0.05, 0) is 6.92 Å². The van der Waals surface area contributed by atoms with Crippen molar-refractivity contribution in [2.75, 3.05) is 12.3 Å². The summed E-state index contributed by atoms with van der Waals surface area (Å²) in [5, 5.41) is 0.728. The SMILES string of the molecule is CCOC(=O)c1sc(-c2ccccc2)nc1N. The molecule has 2 N–H and O–H groups in total. The quantitative estimate of drug-likeness (QED) is 0.848. The molecule has 1 heterocycles. The minimum absolute atomic E-state index is 0.229. The van der Waals surface area contributed by atoms with Crippen molar-refractivity contribution >= 4 is 23.1 Å². The van der Waals surface area contributed by atoms with E-state index in [-0.39, 0.29) is 5.82 Å². The average molecular weight is 248 g/mol. The third kappa shape index (κ3) is 2.45. The van der Waals surface area contributed by atoms with Crippen LogP contribution in [0.3, 0.4) is 0 Å². The van der Waals surface area contributed by atoms with Gasteiger partial charge in [0.05, 0.1) is 6.61 Å². The minimum atomic E-state index is -0.412. The van der Waals surface area contributed by atoms with Crippen molar-refractivity contribution in [3.8, 4) is 10.6 Å². The fourth-order valence-corrected chi connectivity index (χ4v) is 2.26. The molecule has 1 aromatic heterocycles. The normalized spacial score (nSPS) is 10.2. The Bertz CT molecular complexity index is 523. The van der Waals surface area contributed by atoms with Gasteiger partial charge in [0.15, 0.2) is 4.88 Å². The highest BCUT2D eigenvalue weighted by Gasteiger charge is 2.17. The van der Waals surface area contributed by atoms with Crippen LogP contribution in [0.4, 0.5) is 5.82 Å². The second kappa shape index (κ2) is 4.97. The zero-order valence-electron chi connectivity index (χ0n) is 9.34. The van der Waals surface area contributed by atoms with Gasteiger partial charge in [-0.2, -0.15) is 0 Å². The first-order valence-electron chi connectivity index (χ1n) is 5.21. The van der Waals surface area contributed by atoms with Crippen LogP contribution in [0.5, 0.6) is 0 Å². The summed E-state index contributed by atoms with van der Waals surface area (Å²) < 4.78 is 4.91. The predicted octanol–water partition coefficient (Wildman–Crippen LogP) is 2.57. The summed E-state index contributed by atoms with van der Waals surface area (Å²) in [6.45, 7) is 2.09. The zero-order chi connectivity index (χ0) is 12.3. The lowest BCUT2D eigenvalue weighted by atomic mass is 10.2. The first-order valence-corrected chi connectivity index (χ1v) is 6.03. The molecule has 0 saturated carbocycles. The maximum absolute atomic E-state index is 11.6. The average Bonchev–Trinajstić information content (AvgIpc) is 2.73. The molecule has 0 aliphatic heterocycles. The lowest BCUT2D eigenvalue weighted by molar-refractivity contribution is 0.0533. The molecule has 0 aliphatic carbocycles. The summed E-state index contributed by atoms with van der Waals surface area (Å²) >= 11 is 1.25. The van der Waals surface area contributed by atoms with Gasteiger partial charge < -0.3 is 10.5 Å². The zero-order valence-corrected chi connectivity index (χ0v) is 10.2. The number of nitrogens with zero attached hydrogens (tertiary/aromatic N) is 1. The van der Waals surface area contributed by atoms with Gasteiger partial charge in [0, 0.05) is 5.56 Å². The van der Waals surface area contributed by atoms with Crippen LogP contribution in [0.15, 0.2) is 30.3 Å². The van der Waals surface area contributed by atoms with E-state index in [9.17, 15) is 4.79 Å². The third-order valence-electron chi connectivity index (χ3n) is 2.13. The number of thiazole rings is 1. The Hall–Kier alpha value is -1.88. The molecule has 5 heteroatoms. The second-order valence-electron chi connectivity index (χ2n) is 3.32. The molecule has 0 radical (unpaired) electrons. The Morgan fingerprint density at radius 1 is 1.41 bits per heavy atom. The molecule has 0 spiro atoms. The van der Waals surface area contributed by atoms with E-state index in [1.807, 2.05) is 30.3 Å².